The number of thiophene rings is 1. The summed E-state index contributed by atoms with van der Waals surface area (Å²) in [7, 11) is 1.97. The molecule has 2 aliphatic heterocycles. The standard InChI is InChI=1S/C22H16F2N6OS.C5H13N/c23-14-7-27-19(16-10(5-25)21(26)32-20(14)16)15-13-9-31-8-12(13)11-6-28-22(29-18(11)17(15)24)30-3-1-2-4-30;1-5(2)4-6-3/h6-7H,1-4,8-9,26H2;5-6H,4H2,1-3H3. The highest BCUT2D eigenvalue weighted by Gasteiger charge is 2.30. The van der Waals surface area contributed by atoms with Gasteiger partial charge in [-0.1, -0.05) is 13.8 Å². The molecule has 4 aromatic rings. The first-order valence-electron chi connectivity index (χ1n) is 12.6. The number of ether oxygens (including phenoxy) is 1. The number of nitrogen functional groups attached to an aromatic ring is 1. The topological polar surface area (TPSA) is 113 Å². The van der Waals surface area contributed by atoms with Gasteiger partial charge in [-0.25, -0.2) is 18.7 Å². The van der Waals surface area contributed by atoms with Crippen LogP contribution in [-0.2, 0) is 18.0 Å². The number of nitrogens with zero attached hydrogens (tertiary/aromatic N) is 5. The molecule has 1 aromatic carbocycles. The van der Waals surface area contributed by atoms with Gasteiger partial charge in [-0.05, 0) is 43.5 Å². The molecule has 198 valence electrons. The Hall–Kier alpha value is -3.46. The van der Waals surface area contributed by atoms with Gasteiger partial charge < -0.3 is 20.7 Å². The molecular formula is C27H29F2N7OS. The highest BCUT2D eigenvalue weighted by molar-refractivity contribution is 7.23. The van der Waals surface area contributed by atoms with Crippen LogP contribution in [0.15, 0.2) is 12.4 Å². The molecule has 3 aromatic heterocycles. The van der Waals surface area contributed by atoms with Crippen LogP contribution in [0, 0.1) is 28.9 Å². The van der Waals surface area contributed by atoms with E-state index < -0.39 is 11.6 Å². The molecule has 1 saturated heterocycles. The molecule has 6 rings (SSSR count). The molecule has 0 bridgehead atoms. The Kier molecular flexibility index (Phi) is 7.38. The van der Waals surface area contributed by atoms with Crippen molar-refractivity contribution < 1.29 is 13.5 Å². The van der Waals surface area contributed by atoms with Crippen molar-refractivity contribution in [2.45, 2.75) is 39.9 Å². The van der Waals surface area contributed by atoms with Gasteiger partial charge in [0.05, 0.1) is 35.4 Å². The van der Waals surface area contributed by atoms with Crippen LogP contribution >= 0.6 is 11.3 Å². The number of aromatic nitrogens is 3. The zero-order valence-electron chi connectivity index (χ0n) is 21.6. The number of hydrogen-bond acceptors (Lipinski definition) is 9. The van der Waals surface area contributed by atoms with Crippen LogP contribution in [0.25, 0.3) is 32.2 Å². The average Bonchev–Trinajstić information content (AvgIpc) is 3.66. The number of benzene rings is 1. The third-order valence-electron chi connectivity index (χ3n) is 6.73. The first-order chi connectivity index (χ1) is 18.3. The molecule has 0 aliphatic carbocycles. The van der Waals surface area contributed by atoms with Crippen molar-refractivity contribution in [2.24, 2.45) is 5.92 Å². The van der Waals surface area contributed by atoms with Crippen LogP contribution in [0.4, 0.5) is 19.7 Å². The van der Waals surface area contributed by atoms with E-state index in [1.165, 1.54) is 0 Å². The normalized spacial score (nSPS) is 14.7. The second-order valence-electron chi connectivity index (χ2n) is 9.83. The third kappa shape index (κ3) is 4.53. The molecule has 8 nitrogen and oxygen atoms in total. The molecule has 0 radical (unpaired) electrons. The number of halogens is 2. The summed E-state index contributed by atoms with van der Waals surface area (Å²) in [6, 6.07) is 2.02. The monoisotopic (exact) mass is 537 g/mol. The van der Waals surface area contributed by atoms with E-state index in [0.717, 1.165) is 61.5 Å². The lowest BCUT2D eigenvalue weighted by Crippen LogP contribution is -2.20. The molecule has 2 aliphatic rings. The lowest BCUT2D eigenvalue weighted by molar-refractivity contribution is 0.135. The molecule has 11 heteroatoms. The van der Waals surface area contributed by atoms with E-state index in [-0.39, 0.29) is 50.6 Å². The van der Waals surface area contributed by atoms with E-state index in [0.29, 0.717) is 16.9 Å². The summed E-state index contributed by atoms with van der Waals surface area (Å²) in [6.45, 7) is 7.62. The smallest absolute Gasteiger partial charge is 0.225 e. The van der Waals surface area contributed by atoms with Gasteiger partial charge in [0.2, 0.25) is 5.95 Å². The van der Waals surface area contributed by atoms with Gasteiger partial charge in [-0.3, -0.25) is 4.98 Å². The number of nitrogens with one attached hydrogen (secondary N) is 1. The molecule has 38 heavy (non-hydrogen) atoms. The van der Waals surface area contributed by atoms with Gasteiger partial charge in [0.15, 0.2) is 11.6 Å². The predicted molar refractivity (Wildman–Crippen MR) is 146 cm³/mol. The third-order valence-corrected chi connectivity index (χ3v) is 7.76. The zero-order valence-corrected chi connectivity index (χ0v) is 22.4. The molecule has 0 spiro atoms. The summed E-state index contributed by atoms with van der Waals surface area (Å²) in [5.74, 6) is 0.0827. The second kappa shape index (κ2) is 10.7. The van der Waals surface area contributed by atoms with Gasteiger partial charge in [-0.15, -0.1) is 11.3 Å². The predicted octanol–water partition coefficient (Wildman–Crippen LogP) is 5.13. The Morgan fingerprint density at radius 1 is 1.18 bits per heavy atom. The van der Waals surface area contributed by atoms with Crippen molar-refractivity contribution in [2.75, 3.05) is 37.3 Å². The lowest BCUT2D eigenvalue weighted by Gasteiger charge is -2.17. The Bertz CT molecular complexity index is 1560. The van der Waals surface area contributed by atoms with E-state index >= 15 is 4.39 Å². The Morgan fingerprint density at radius 2 is 1.92 bits per heavy atom. The van der Waals surface area contributed by atoms with Crippen molar-refractivity contribution in [3.8, 4) is 17.3 Å². The summed E-state index contributed by atoms with van der Waals surface area (Å²) in [4.78, 5) is 15.3. The van der Waals surface area contributed by atoms with Crippen LogP contribution in [0.1, 0.15) is 43.4 Å². The van der Waals surface area contributed by atoms with Gasteiger partial charge in [-0.2, -0.15) is 5.26 Å². The number of nitriles is 1. The van der Waals surface area contributed by atoms with Crippen molar-refractivity contribution in [1.29, 1.82) is 5.26 Å². The van der Waals surface area contributed by atoms with E-state index in [9.17, 15) is 9.65 Å². The highest BCUT2D eigenvalue weighted by Crippen LogP contribution is 2.45. The zero-order chi connectivity index (χ0) is 27.0. The molecule has 0 amide bonds. The van der Waals surface area contributed by atoms with E-state index in [1.54, 1.807) is 6.20 Å². The maximum absolute atomic E-state index is 16.1. The van der Waals surface area contributed by atoms with Crippen LogP contribution < -0.4 is 16.0 Å². The Balaban J connectivity index is 0.000000443. The first kappa shape index (κ1) is 26.2. The summed E-state index contributed by atoms with van der Waals surface area (Å²) < 4.78 is 36.5. The lowest BCUT2D eigenvalue weighted by atomic mass is 9.94. The molecule has 0 atom stereocenters. The largest absolute Gasteiger partial charge is 0.389 e. The highest BCUT2D eigenvalue weighted by atomic mass is 32.1. The van der Waals surface area contributed by atoms with Gasteiger partial charge in [0, 0.05) is 35.6 Å². The quantitative estimate of drug-likeness (QED) is 0.368. The summed E-state index contributed by atoms with van der Waals surface area (Å²) in [5, 5.41) is 13.7. The minimum absolute atomic E-state index is 0.0969. The minimum Gasteiger partial charge on any atom is -0.389 e. The average molecular weight is 538 g/mol. The van der Waals surface area contributed by atoms with Crippen LogP contribution in [-0.4, -0.2) is 41.6 Å². The van der Waals surface area contributed by atoms with Crippen LogP contribution in [0.2, 0.25) is 0 Å². The summed E-state index contributed by atoms with van der Waals surface area (Å²) in [6.07, 6.45) is 4.77. The van der Waals surface area contributed by atoms with Crippen LogP contribution in [0.3, 0.4) is 0 Å². The molecule has 0 unspecified atom stereocenters. The summed E-state index contributed by atoms with van der Waals surface area (Å²) >= 11 is 0.955. The molecule has 3 N–H and O–H groups in total. The van der Waals surface area contributed by atoms with E-state index in [4.69, 9.17) is 10.5 Å². The van der Waals surface area contributed by atoms with Gasteiger partial charge in [0.1, 0.15) is 16.6 Å². The molecule has 5 heterocycles. The fourth-order valence-corrected chi connectivity index (χ4v) is 5.94. The van der Waals surface area contributed by atoms with Crippen molar-refractivity contribution in [3.05, 3.63) is 40.7 Å². The molecule has 0 saturated carbocycles. The van der Waals surface area contributed by atoms with E-state index in [1.807, 2.05) is 18.0 Å². The Morgan fingerprint density at radius 3 is 2.58 bits per heavy atom. The minimum atomic E-state index is -0.602. The van der Waals surface area contributed by atoms with Crippen molar-refractivity contribution in [1.82, 2.24) is 20.3 Å². The maximum Gasteiger partial charge on any atom is 0.225 e. The number of anilines is 2. The Labute approximate surface area is 223 Å². The molecular weight excluding hydrogens is 508 g/mol. The van der Waals surface area contributed by atoms with Crippen LogP contribution in [0.5, 0.6) is 0 Å². The summed E-state index contributed by atoms with van der Waals surface area (Å²) in [5.41, 5.74) is 7.98. The second-order valence-corrected chi connectivity index (χ2v) is 10.9. The maximum atomic E-state index is 16.1. The van der Waals surface area contributed by atoms with Crippen molar-refractivity contribution >= 4 is 43.3 Å². The number of pyridine rings is 1. The van der Waals surface area contributed by atoms with Gasteiger partial charge in [0.25, 0.3) is 0 Å². The SMILES string of the molecule is CNCC(C)C.N#Cc1c(N)sc2c(F)cnc(-c3c4c(c5cnc(N6CCCC6)nc5c3F)COC4)c12. The molecule has 1 fully saturated rings. The van der Waals surface area contributed by atoms with Gasteiger partial charge >= 0.3 is 0 Å². The fraction of sp³-hybridized carbons (Fsp3) is 0.407. The fourth-order valence-electron chi connectivity index (χ4n) is 5.02. The van der Waals surface area contributed by atoms with E-state index in [2.05, 4.69) is 34.1 Å². The number of nitrogens with two attached hydrogens (primary N) is 1. The van der Waals surface area contributed by atoms with Crippen molar-refractivity contribution in [3.63, 3.8) is 0 Å². The number of rotatable bonds is 4. The number of hydrogen-bond donors (Lipinski definition) is 2. The first-order valence-corrected chi connectivity index (χ1v) is 13.4. The number of fused-ring (bicyclic) bond motifs is 4.